The number of nitrogens with zero attached hydrogens (tertiary/aromatic N) is 2. The second-order valence-electron chi connectivity index (χ2n) is 5.16. The molecule has 0 saturated carbocycles. The van der Waals surface area contributed by atoms with Gasteiger partial charge in [0.15, 0.2) is 0 Å². The molecule has 5 nitrogen and oxygen atoms in total. The summed E-state index contributed by atoms with van der Waals surface area (Å²) in [6.45, 7) is 0.608. The zero-order valence-corrected chi connectivity index (χ0v) is 13.1. The summed E-state index contributed by atoms with van der Waals surface area (Å²) in [5.74, 6) is 0. The molecule has 22 heavy (non-hydrogen) atoms. The molecule has 0 amide bonds. The van der Waals surface area contributed by atoms with E-state index in [9.17, 15) is 8.42 Å². The summed E-state index contributed by atoms with van der Waals surface area (Å²) in [5, 5.41) is 9.16. The minimum Gasteiger partial charge on any atom is -0.396 e. The minimum atomic E-state index is -3.60. The third kappa shape index (κ3) is 2.24. The molecule has 2 aromatic rings. The number of aliphatic hydroxyl groups is 1. The molecule has 1 aliphatic rings. The molecular formula is C16H18N2O3S. The van der Waals surface area contributed by atoms with Crippen molar-refractivity contribution >= 4 is 27.1 Å². The summed E-state index contributed by atoms with van der Waals surface area (Å²) in [6.07, 6.45) is 0.562. The van der Waals surface area contributed by atoms with Crippen LogP contribution in [0.5, 0.6) is 0 Å². The summed E-state index contributed by atoms with van der Waals surface area (Å²) >= 11 is 0. The number of sulfonamides is 1. The van der Waals surface area contributed by atoms with Gasteiger partial charge in [0.05, 0.1) is 17.1 Å². The van der Waals surface area contributed by atoms with Crippen LogP contribution < -0.4 is 9.21 Å². The van der Waals surface area contributed by atoms with Crippen LogP contribution in [0.15, 0.2) is 53.4 Å². The van der Waals surface area contributed by atoms with Gasteiger partial charge >= 0.3 is 0 Å². The van der Waals surface area contributed by atoms with Gasteiger partial charge in [-0.05, 0) is 30.7 Å². The Balaban J connectivity index is 2.30. The molecule has 0 atom stereocenters. The molecule has 0 unspecified atom stereocenters. The molecule has 1 N–H and O–H groups in total. The van der Waals surface area contributed by atoms with Gasteiger partial charge < -0.3 is 10.0 Å². The zero-order valence-electron chi connectivity index (χ0n) is 12.3. The van der Waals surface area contributed by atoms with Crippen LogP contribution in [0.2, 0.25) is 0 Å². The highest BCUT2D eigenvalue weighted by molar-refractivity contribution is 7.93. The topological polar surface area (TPSA) is 60.9 Å². The third-order valence-corrected chi connectivity index (χ3v) is 5.66. The molecule has 6 heteroatoms. The molecule has 0 bridgehead atoms. The van der Waals surface area contributed by atoms with Crippen molar-refractivity contribution in [2.24, 2.45) is 0 Å². The van der Waals surface area contributed by atoms with Crippen LogP contribution in [0.4, 0.5) is 17.1 Å². The van der Waals surface area contributed by atoms with Crippen LogP contribution in [0.1, 0.15) is 6.42 Å². The SMILES string of the molecule is CN1c2ccccc2N(CCCO)c2ccccc2S1(=O)=O. The molecule has 0 radical (unpaired) electrons. The summed E-state index contributed by atoms with van der Waals surface area (Å²) in [5.41, 5.74) is 2.11. The second kappa shape index (κ2) is 5.62. The van der Waals surface area contributed by atoms with Crippen molar-refractivity contribution in [3.8, 4) is 0 Å². The molecule has 2 aromatic carbocycles. The van der Waals surface area contributed by atoms with E-state index in [4.69, 9.17) is 5.11 Å². The van der Waals surface area contributed by atoms with E-state index in [-0.39, 0.29) is 11.5 Å². The van der Waals surface area contributed by atoms with Crippen LogP contribution in [-0.4, -0.2) is 33.7 Å². The first kappa shape index (κ1) is 14.9. The highest BCUT2D eigenvalue weighted by Gasteiger charge is 2.32. The Morgan fingerprint density at radius 3 is 2.23 bits per heavy atom. The second-order valence-corrected chi connectivity index (χ2v) is 7.10. The Labute approximate surface area is 130 Å². The van der Waals surface area contributed by atoms with Gasteiger partial charge in [0.1, 0.15) is 4.90 Å². The first-order valence-corrected chi connectivity index (χ1v) is 8.57. The maximum absolute atomic E-state index is 12.9. The maximum Gasteiger partial charge on any atom is 0.266 e. The number of rotatable bonds is 3. The van der Waals surface area contributed by atoms with Crippen molar-refractivity contribution in [2.45, 2.75) is 11.3 Å². The smallest absolute Gasteiger partial charge is 0.266 e. The lowest BCUT2D eigenvalue weighted by Gasteiger charge is -2.25. The van der Waals surface area contributed by atoms with E-state index >= 15 is 0 Å². The molecule has 0 aromatic heterocycles. The normalized spacial score (nSPS) is 15.9. The molecule has 0 spiro atoms. The van der Waals surface area contributed by atoms with Crippen molar-refractivity contribution < 1.29 is 13.5 Å². The molecule has 0 aliphatic carbocycles. The van der Waals surface area contributed by atoms with Crippen molar-refractivity contribution in [3.63, 3.8) is 0 Å². The number of benzene rings is 2. The Morgan fingerprint density at radius 2 is 1.55 bits per heavy atom. The van der Waals surface area contributed by atoms with Gasteiger partial charge in [0.2, 0.25) is 0 Å². The fourth-order valence-corrected chi connectivity index (χ4v) is 4.13. The monoisotopic (exact) mass is 318 g/mol. The van der Waals surface area contributed by atoms with Gasteiger partial charge in [-0.1, -0.05) is 24.3 Å². The van der Waals surface area contributed by atoms with Crippen molar-refractivity contribution in [1.29, 1.82) is 0 Å². The standard InChI is InChI=1S/C16H18N2O3S/c1-17-13-7-2-3-8-14(13)18(11-6-12-19)15-9-4-5-10-16(15)22(17,20)21/h2-5,7-10,19H,6,11-12H2,1H3. The van der Waals surface area contributed by atoms with Crippen LogP contribution in [0.3, 0.4) is 0 Å². The van der Waals surface area contributed by atoms with E-state index in [2.05, 4.69) is 0 Å². The first-order chi connectivity index (χ1) is 10.6. The molecule has 1 heterocycles. The maximum atomic E-state index is 12.9. The van der Waals surface area contributed by atoms with Crippen molar-refractivity contribution in [1.82, 2.24) is 0 Å². The fraction of sp³-hybridized carbons (Fsp3) is 0.250. The Kier molecular flexibility index (Phi) is 3.80. The molecule has 1 aliphatic heterocycles. The van der Waals surface area contributed by atoms with Crippen LogP contribution in [-0.2, 0) is 10.0 Å². The van der Waals surface area contributed by atoms with Gasteiger partial charge in [0.25, 0.3) is 10.0 Å². The molecule has 116 valence electrons. The average Bonchev–Trinajstić information content (AvgIpc) is 2.61. The molecule has 3 rings (SSSR count). The molecular weight excluding hydrogens is 300 g/mol. The largest absolute Gasteiger partial charge is 0.396 e. The summed E-state index contributed by atoms with van der Waals surface area (Å²) in [6, 6.07) is 14.4. The van der Waals surface area contributed by atoms with Crippen LogP contribution in [0, 0.1) is 0 Å². The number of aliphatic hydroxyl groups excluding tert-OH is 1. The number of hydrogen-bond acceptors (Lipinski definition) is 4. The number of fused-ring (bicyclic) bond motifs is 2. The van der Waals surface area contributed by atoms with Gasteiger partial charge in [0, 0.05) is 20.2 Å². The van der Waals surface area contributed by atoms with E-state index in [1.54, 1.807) is 31.3 Å². The number of anilines is 3. The lowest BCUT2D eigenvalue weighted by atomic mass is 10.2. The summed E-state index contributed by atoms with van der Waals surface area (Å²) in [7, 11) is -2.03. The Hall–Kier alpha value is -2.05. The van der Waals surface area contributed by atoms with Gasteiger partial charge in [-0.15, -0.1) is 0 Å². The number of para-hydroxylation sites is 3. The fourth-order valence-electron chi connectivity index (χ4n) is 2.73. The third-order valence-electron chi connectivity index (χ3n) is 3.85. The molecule has 0 saturated heterocycles. The van der Waals surface area contributed by atoms with Gasteiger partial charge in [-0.2, -0.15) is 0 Å². The highest BCUT2D eigenvalue weighted by Crippen LogP contribution is 2.42. The Bertz CT molecular complexity index is 789. The van der Waals surface area contributed by atoms with E-state index < -0.39 is 10.0 Å². The minimum absolute atomic E-state index is 0.0590. The van der Waals surface area contributed by atoms with Crippen LogP contribution in [0.25, 0.3) is 0 Å². The summed E-state index contributed by atoms with van der Waals surface area (Å²) < 4.78 is 27.0. The van der Waals surface area contributed by atoms with Crippen molar-refractivity contribution in [3.05, 3.63) is 48.5 Å². The number of hydrogen-bond donors (Lipinski definition) is 1. The predicted molar refractivity (Wildman–Crippen MR) is 87.2 cm³/mol. The lowest BCUT2D eigenvalue weighted by molar-refractivity contribution is 0.291. The predicted octanol–water partition coefficient (Wildman–Crippen LogP) is 2.35. The van der Waals surface area contributed by atoms with Crippen molar-refractivity contribution in [2.75, 3.05) is 29.4 Å². The first-order valence-electron chi connectivity index (χ1n) is 7.13. The van der Waals surface area contributed by atoms with Gasteiger partial charge in [-0.25, -0.2) is 8.42 Å². The average molecular weight is 318 g/mol. The Morgan fingerprint density at radius 1 is 0.955 bits per heavy atom. The molecule has 0 fully saturated rings. The van der Waals surface area contributed by atoms with E-state index in [0.29, 0.717) is 24.3 Å². The highest BCUT2D eigenvalue weighted by atomic mass is 32.2. The lowest BCUT2D eigenvalue weighted by Crippen LogP contribution is -2.25. The zero-order chi connectivity index (χ0) is 15.7. The van der Waals surface area contributed by atoms with Crippen LogP contribution >= 0.6 is 0 Å². The quantitative estimate of drug-likeness (QED) is 0.943. The van der Waals surface area contributed by atoms with E-state index in [0.717, 1.165) is 5.69 Å². The summed E-state index contributed by atoms with van der Waals surface area (Å²) in [4.78, 5) is 2.24. The van der Waals surface area contributed by atoms with E-state index in [1.807, 2.05) is 29.2 Å². The van der Waals surface area contributed by atoms with E-state index in [1.165, 1.54) is 4.31 Å². The van der Waals surface area contributed by atoms with Gasteiger partial charge in [-0.3, -0.25) is 4.31 Å².